The van der Waals surface area contributed by atoms with Crippen LogP contribution in [0.25, 0.3) is 0 Å². The highest BCUT2D eigenvalue weighted by Crippen LogP contribution is 2.21. The minimum atomic E-state index is -0.0345. The molecule has 0 atom stereocenters. The number of nitrogens with two attached hydrogens (primary N) is 1. The second-order valence-corrected chi connectivity index (χ2v) is 3.67. The van der Waals surface area contributed by atoms with Crippen LogP contribution in [-0.2, 0) is 4.79 Å². The number of nitrogens with zero attached hydrogens (tertiary/aromatic N) is 2. The van der Waals surface area contributed by atoms with E-state index < -0.39 is 0 Å². The van der Waals surface area contributed by atoms with E-state index in [1.807, 2.05) is 19.9 Å². The van der Waals surface area contributed by atoms with Crippen LogP contribution in [0.5, 0.6) is 0 Å². The lowest BCUT2D eigenvalue weighted by molar-refractivity contribution is -0.119. The Bertz CT molecular complexity index is 378. The van der Waals surface area contributed by atoms with Crippen molar-refractivity contribution in [2.24, 2.45) is 0 Å². The Kier molecular flexibility index (Phi) is 4.10. The number of aryl methyl sites for hydroxylation is 1. The number of carbonyl (C=O) groups excluding carboxylic acids is 1. The average Bonchev–Trinajstić information content (AvgIpc) is 2.22. The normalized spacial score (nSPS) is 9.94. The van der Waals surface area contributed by atoms with Crippen LogP contribution in [0.3, 0.4) is 0 Å². The first kappa shape index (κ1) is 12.3. The summed E-state index contributed by atoms with van der Waals surface area (Å²) < 4.78 is 0. The molecule has 1 aromatic rings. The standard InChI is InChI=1S/C11H18N4O/c1-4-13-9(16)7-15(3)11-10(12)8(2)5-6-14-11/h5-6H,4,7,12H2,1-3H3,(H,13,16). The fraction of sp³-hybridized carbons (Fsp3) is 0.455. The third kappa shape index (κ3) is 2.85. The molecule has 0 saturated heterocycles. The fourth-order valence-electron chi connectivity index (χ4n) is 1.40. The van der Waals surface area contributed by atoms with E-state index in [1.165, 1.54) is 0 Å². The first-order valence-electron chi connectivity index (χ1n) is 5.25. The van der Waals surface area contributed by atoms with Gasteiger partial charge in [0.2, 0.25) is 5.91 Å². The molecule has 1 rings (SSSR count). The molecule has 0 fully saturated rings. The number of hydrogen-bond donors (Lipinski definition) is 2. The molecule has 0 aliphatic carbocycles. The number of aromatic nitrogens is 1. The largest absolute Gasteiger partial charge is 0.396 e. The maximum absolute atomic E-state index is 11.4. The molecule has 16 heavy (non-hydrogen) atoms. The molecule has 0 unspecified atom stereocenters. The number of amides is 1. The van der Waals surface area contributed by atoms with Gasteiger partial charge in [-0.3, -0.25) is 4.79 Å². The maximum atomic E-state index is 11.4. The van der Waals surface area contributed by atoms with Crippen molar-refractivity contribution in [2.45, 2.75) is 13.8 Å². The average molecular weight is 222 g/mol. The van der Waals surface area contributed by atoms with Gasteiger partial charge in [0.15, 0.2) is 5.82 Å². The summed E-state index contributed by atoms with van der Waals surface area (Å²) >= 11 is 0. The van der Waals surface area contributed by atoms with E-state index in [0.717, 1.165) is 5.56 Å². The molecule has 0 bridgehead atoms. The molecule has 88 valence electrons. The van der Waals surface area contributed by atoms with E-state index in [0.29, 0.717) is 18.1 Å². The molecule has 0 aromatic carbocycles. The Hall–Kier alpha value is -1.78. The number of likely N-dealkylation sites (N-methyl/N-ethyl adjacent to an activating group) is 2. The zero-order valence-corrected chi connectivity index (χ0v) is 9.95. The number of rotatable bonds is 4. The van der Waals surface area contributed by atoms with Crippen molar-refractivity contribution in [3.63, 3.8) is 0 Å². The second-order valence-electron chi connectivity index (χ2n) is 3.67. The Balaban J connectivity index is 2.76. The van der Waals surface area contributed by atoms with Crippen LogP contribution in [0.1, 0.15) is 12.5 Å². The monoisotopic (exact) mass is 222 g/mol. The van der Waals surface area contributed by atoms with Crippen LogP contribution in [0.2, 0.25) is 0 Å². The van der Waals surface area contributed by atoms with Gasteiger partial charge in [0.25, 0.3) is 0 Å². The summed E-state index contributed by atoms with van der Waals surface area (Å²) in [6.07, 6.45) is 1.69. The van der Waals surface area contributed by atoms with Gasteiger partial charge in [0.1, 0.15) is 0 Å². The first-order chi connectivity index (χ1) is 7.56. The van der Waals surface area contributed by atoms with Gasteiger partial charge in [-0.05, 0) is 25.5 Å². The molecule has 1 amide bonds. The van der Waals surface area contributed by atoms with Crippen molar-refractivity contribution in [2.75, 3.05) is 30.8 Å². The predicted molar refractivity (Wildman–Crippen MR) is 65.3 cm³/mol. The van der Waals surface area contributed by atoms with Crippen LogP contribution in [0.4, 0.5) is 11.5 Å². The Morgan fingerprint density at radius 2 is 2.31 bits per heavy atom. The zero-order chi connectivity index (χ0) is 12.1. The van der Waals surface area contributed by atoms with Crippen LogP contribution in [0.15, 0.2) is 12.3 Å². The van der Waals surface area contributed by atoms with Crippen LogP contribution in [0, 0.1) is 6.92 Å². The van der Waals surface area contributed by atoms with Crippen molar-refractivity contribution in [3.05, 3.63) is 17.8 Å². The van der Waals surface area contributed by atoms with Crippen LogP contribution in [-0.4, -0.2) is 31.0 Å². The summed E-state index contributed by atoms with van der Waals surface area (Å²) in [4.78, 5) is 17.3. The number of nitrogen functional groups attached to an aromatic ring is 1. The van der Waals surface area contributed by atoms with E-state index in [1.54, 1.807) is 18.1 Å². The number of nitrogens with one attached hydrogen (secondary N) is 1. The lowest BCUT2D eigenvalue weighted by Crippen LogP contribution is -2.35. The van der Waals surface area contributed by atoms with E-state index in [4.69, 9.17) is 5.73 Å². The summed E-state index contributed by atoms with van der Waals surface area (Å²) in [5.41, 5.74) is 7.48. The molecule has 5 nitrogen and oxygen atoms in total. The van der Waals surface area contributed by atoms with E-state index >= 15 is 0 Å². The third-order valence-corrected chi connectivity index (χ3v) is 2.30. The molecule has 0 saturated carbocycles. The quantitative estimate of drug-likeness (QED) is 0.780. The predicted octanol–water partition coefficient (Wildman–Crippen LogP) is 0.545. The topological polar surface area (TPSA) is 71.2 Å². The summed E-state index contributed by atoms with van der Waals surface area (Å²) in [5.74, 6) is 0.610. The molecule has 3 N–H and O–H groups in total. The van der Waals surface area contributed by atoms with Crippen molar-refractivity contribution < 1.29 is 4.79 Å². The van der Waals surface area contributed by atoms with Gasteiger partial charge in [-0.25, -0.2) is 4.98 Å². The van der Waals surface area contributed by atoms with Gasteiger partial charge in [-0.15, -0.1) is 0 Å². The molecule has 0 aliphatic rings. The van der Waals surface area contributed by atoms with Gasteiger partial charge in [-0.1, -0.05) is 0 Å². The van der Waals surface area contributed by atoms with Crippen LogP contribution >= 0.6 is 0 Å². The van der Waals surface area contributed by atoms with Crippen molar-refractivity contribution in [3.8, 4) is 0 Å². The lowest BCUT2D eigenvalue weighted by Gasteiger charge is -2.19. The molecule has 1 aromatic heterocycles. The number of pyridine rings is 1. The Morgan fingerprint density at radius 3 is 2.94 bits per heavy atom. The molecular formula is C11H18N4O. The number of carbonyl (C=O) groups is 1. The summed E-state index contributed by atoms with van der Waals surface area (Å²) in [6.45, 7) is 4.69. The van der Waals surface area contributed by atoms with Crippen molar-refractivity contribution in [1.29, 1.82) is 0 Å². The molecule has 0 radical (unpaired) electrons. The Morgan fingerprint density at radius 1 is 1.62 bits per heavy atom. The Labute approximate surface area is 95.7 Å². The summed E-state index contributed by atoms with van der Waals surface area (Å²) in [5, 5.41) is 2.73. The van der Waals surface area contributed by atoms with Crippen molar-refractivity contribution in [1.82, 2.24) is 10.3 Å². The van der Waals surface area contributed by atoms with E-state index in [2.05, 4.69) is 10.3 Å². The lowest BCUT2D eigenvalue weighted by atomic mass is 10.2. The molecule has 5 heteroatoms. The third-order valence-electron chi connectivity index (χ3n) is 2.30. The molecule has 0 spiro atoms. The van der Waals surface area contributed by atoms with E-state index in [9.17, 15) is 4.79 Å². The highest BCUT2D eigenvalue weighted by molar-refractivity contribution is 5.82. The van der Waals surface area contributed by atoms with Gasteiger partial charge < -0.3 is 16.0 Å². The minimum absolute atomic E-state index is 0.0345. The van der Waals surface area contributed by atoms with Gasteiger partial charge in [0, 0.05) is 19.8 Å². The molecule has 0 aliphatic heterocycles. The van der Waals surface area contributed by atoms with Crippen molar-refractivity contribution >= 4 is 17.4 Å². The summed E-state index contributed by atoms with van der Waals surface area (Å²) in [7, 11) is 1.80. The highest BCUT2D eigenvalue weighted by Gasteiger charge is 2.11. The molecule has 1 heterocycles. The van der Waals surface area contributed by atoms with Crippen LogP contribution < -0.4 is 16.0 Å². The summed E-state index contributed by atoms with van der Waals surface area (Å²) in [6, 6.07) is 1.85. The smallest absolute Gasteiger partial charge is 0.239 e. The SMILES string of the molecule is CCNC(=O)CN(C)c1nccc(C)c1N. The second kappa shape index (κ2) is 5.34. The molecular weight excluding hydrogens is 204 g/mol. The highest BCUT2D eigenvalue weighted by atomic mass is 16.2. The number of hydrogen-bond acceptors (Lipinski definition) is 4. The minimum Gasteiger partial charge on any atom is -0.396 e. The first-order valence-corrected chi connectivity index (χ1v) is 5.25. The maximum Gasteiger partial charge on any atom is 0.239 e. The van der Waals surface area contributed by atoms with Gasteiger partial charge in [-0.2, -0.15) is 0 Å². The fourth-order valence-corrected chi connectivity index (χ4v) is 1.40. The van der Waals surface area contributed by atoms with Gasteiger partial charge in [0.05, 0.1) is 12.2 Å². The number of anilines is 2. The van der Waals surface area contributed by atoms with Gasteiger partial charge >= 0.3 is 0 Å². The zero-order valence-electron chi connectivity index (χ0n) is 9.95. The van der Waals surface area contributed by atoms with E-state index in [-0.39, 0.29) is 12.5 Å².